The van der Waals surface area contributed by atoms with E-state index < -0.39 is 0 Å². The van der Waals surface area contributed by atoms with Gasteiger partial charge in [-0.05, 0) is 18.4 Å². The quantitative estimate of drug-likeness (QED) is 0.785. The van der Waals surface area contributed by atoms with Gasteiger partial charge in [-0.3, -0.25) is 0 Å². The highest BCUT2D eigenvalue weighted by Gasteiger charge is 2.15. The molecule has 0 radical (unpaired) electrons. The molecule has 0 amide bonds. The Labute approximate surface area is 82.8 Å². The van der Waals surface area contributed by atoms with Crippen LogP contribution >= 0.6 is 0 Å². The molecule has 2 aromatic rings. The van der Waals surface area contributed by atoms with E-state index in [9.17, 15) is 0 Å². The second-order valence-electron chi connectivity index (χ2n) is 3.50. The van der Waals surface area contributed by atoms with E-state index in [1.54, 1.807) is 10.7 Å². The average Bonchev–Trinajstić information content (AvgIpc) is 2.53. The van der Waals surface area contributed by atoms with Crippen LogP contribution in [0.1, 0.15) is 31.7 Å². The molecular formula is C10H14N4. The maximum absolute atomic E-state index is 5.86. The van der Waals surface area contributed by atoms with Crippen LogP contribution < -0.4 is 5.73 Å². The van der Waals surface area contributed by atoms with Gasteiger partial charge < -0.3 is 5.73 Å². The van der Waals surface area contributed by atoms with Crippen molar-refractivity contribution < 1.29 is 0 Å². The molecule has 2 N–H and O–H groups in total. The Balaban J connectivity index is 2.67. The molecular weight excluding hydrogens is 176 g/mol. The minimum atomic E-state index is 0.405. The molecule has 0 spiro atoms. The molecule has 0 aliphatic rings. The van der Waals surface area contributed by atoms with Gasteiger partial charge >= 0.3 is 0 Å². The molecule has 0 saturated heterocycles. The Morgan fingerprint density at radius 3 is 3.07 bits per heavy atom. The number of aromatic nitrogens is 3. The summed E-state index contributed by atoms with van der Waals surface area (Å²) in [7, 11) is 0. The molecule has 0 bridgehead atoms. The molecule has 0 saturated carbocycles. The minimum absolute atomic E-state index is 0.405. The standard InChI is InChI=1S/C10H14N4/c1-3-7(2)8-9(11)13-14-6-4-5-12-10(8)14/h4-7H,3H2,1-2H3,(H2,11,13). The van der Waals surface area contributed by atoms with E-state index in [4.69, 9.17) is 5.73 Å². The topological polar surface area (TPSA) is 56.2 Å². The maximum atomic E-state index is 5.86. The van der Waals surface area contributed by atoms with E-state index in [0.29, 0.717) is 11.7 Å². The van der Waals surface area contributed by atoms with Gasteiger partial charge in [0.15, 0.2) is 11.5 Å². The number of anilines is 1. The van der Waals surface area contributed by atoms with Crippen LogP contribution in [-0.2, 0) is 0 Å². The molecule has 0 aliphatic heterocycles. The number of rotatable bonds is 2. The lowest BCUT2D eigenvalue weighted by molar-refractivity contribution is 0.739. The lowest BCUT2D eigenvalue weighted by Gasteiger charge is -2.06. The van der Waals surface area contributed by atoms with Gasteiger partial charge in [0.25, 0.3) is 0 Å². The van der Waals surface area contributed by atoms with Gasteiger partial charge in [-0.15, -0.1) is 5.10 Å². The number of nitrogen functional groups attached to an aromatic ring is 1. The van der Waals surface area contributed by atoms with E-state index in [-0.39, 0.29) is 0 Å². The lowest BCUT2D eigenvalue weighted by Crippen LogP contribution is -1.96. The molecule has 74 valence electrons. The number of hydrogen-bond acceptors (Lipinski definition) is 3. The maximum Gasteiger partial charge on any atom is 0.160 e. The third-order valence-electron chi connectivity index (χ3n) is 2.56. The molecule has 0 aromatic carbocycles. The highest BCUT2D eigenvalue weighted by Crippen LogP contribution is 2.27. The summed E-state index contributed by atoms with van der Waals surface area (Å²) in [6.45, 7) is 4.28. The van der Waals surface area contributed by atoms with Crippen LogP contribution in [-0.4, -0.2) is 14.6 Å². The summed E-state index contributed by atoms with van der Waals surface area (Å²) in [4.78, 5) is 4.29. The number of nitrogens with zero attached hydrogens (tertiary/aromatic N) is 3. The normalized spacial score (nSPS) is 13.3. The largest absolute Gasteiger partial charge is 0.382 e. The molecule has 1 unspecified atom stereocenters. The summed E-state index contributed by atoms with van der Waals surface area (Å²) in [5, 5.41) is 4.21. The van der Waals surface area contributed by atoms with Crippen LogP contribution in [0.15, 0.2) is 18.5 Å². The number of hydrogen-bond donors (Lipinski definition) is 1. The van der Waals surface area contributed by atoms with Crippen LogP contribution in [0.2, 0.25) is 0 Å². The summed E-state index contributed by atoms with van der Waals surface area (Å²) in [5.74, 6) is 1.00. The fourth-order valence-corrected chi connectivity index (χ4v) is 1.60. The summed E-state index contributed by atoms with van der Waals surface area (Å²) in [6, 6.07) is 1.85. The van der Waals surface area contributed by atoms with Crippen molar-refractivity contribution in [3.05, 3.63) is 24.0 Å². The summed E-state index contributed by atoms with van der Waals surface area (Å²) in [5.41, 5.74) is 7.80. The Bertz CT molecular complexity index is 446. The second-order valence-corrected chi connectivity index (χ2v) is 3.50. The molecule has 2 rings (SSSR count). The fourth-order valence-electron chi connectivity index (χ4n) is 1.60. The van der Waals surface area contributed by atoms with Crippen molar-refractivity contribution in [2.24, 2.45) is 0 Å². The summed E-state index contributed by atoms with van der Waals surface area (Å²) >= 11 is 0. The van der Waals surface area contributed by atoms with E-state index in [1.807, 2.05) is 12.3 Å². The third-order valence-corrected chi connectivity index (χ3v) is 2.56. The van der Waals surface area contributed by atoms with Crippen LogP contribution in [0.3, 0.4) is 0 Å². The van der Waals surface area contributed by atoms with Gasteiger partial charge in [0.05, 0.1) is 0 Å². The van der Waals surface area contributed by atoms with Crippen LogP contribution in [0, 0.1) is 0 Å². The van der Waals surface area contributed by atoms with Gasteiger partial charge in [-0.2, -0.15) is 0 Å². The van der Waals surface area contributed by atoms with Crippen molar-refractivity contribution in [3.8, 4) is 0 Å². The van der Waals surface area contributed by atoms with Gasteiger partial charge in [0.1, 0.15) is 0 Å². The van der Waals surface area contributed by atoms with Crippen LogP contribution in [0.5, 0.6) is 0 Å². The number of fused-ring (bicyclic) bond motifs is 1. The smallest absolute Gasteiger partial charge is 0.160 e. The molecule has 2 heterocycles. The van der Waals surface area contributed by atoms with Crippen LogP contribution in [0.25, 0.3) is 5.65 Å². The Hall–Kier alpha value is -1.58. The minimum Gasteiger partial charge on any atom is -0.382 e. The molecule has 4 nitrogen and oxygen atoms in total. The van der Waals surface area contributed by atoms with Crippen molar-refractivity contribution >= 4 is 11.5 Å². The second kappa shape index (κ2) is 3.29. The first-order valence-corrected chi connectivity index (χ1v) is 4.82. The number of nitrogens with two attached hydrogens (primary N) is 1. The highest BCUT2D eigenvalue weighted by molar-refractivity contribution is 5.60. The first kappa shape index (κ1) is 8.99. The van der Waals surface area contributed by atoms with Gasteiger partial charge in [0.2, 0.25) is 0 Å². The van der Waals surface area contributed by atoms with Gasteiger partial charge in [-0.25, -0.2) is 9.50 Å². The zero-order valence-corrected chi connectivity index (χ0v) is 8.44. The summed E-state index contributed by atoms with van der Waals surface area (Å²) < 4.78 is 1.73. The lowest BCUT2D eigenvalue weighted by atomic mass is 10.0. The zero-order valence-electron chi connectivity index (χ0n) is 8.44. The zero-order chi connectivity index (χ0) is 10.1. The third kappa shape index (κ3) is 1.23. The first-order chi connectivity index (χ1) is 6.74. The molecule has 2 aromatic heterocycles. The van der Waals surface area contributed by atoms with Crippen molar-refractivity contribution in [1.29, 1.82) is 0 Å². The van der Waals surface area contributed by atoms with Gasteiger partial charge in [0, 0.05) is 18.0 Å². The molecule has 0 fully saturated rings. The average molecular weight is 190 g/mol. The van der Waals surface area contributed by atoms with Crippen molar-refractivity contribution in [2.75, 3.05) is 5.73 Å². The van der Waals surface area contributed by atoms with E-state index in [1.165, 1.54) is 0 Å². The monoisotopic (exact) mass is 190 g/mol. The van der Waals surface area contributed by atoms with Crippen LogP contribution in [0.4, 0.5) is 5.82 Å². The summed E-state index contributed by atoms with van der Waals surface area (Å²) in [6.07, 6.45) is 4.68. The fraction of sp³-hybridized carbons (Fsp3) is 0.400. The van der Waals surface area contributed by atoms with E-state index >= 15 is 0 Å². The predicted molar refractivity (Wildman–Crippen MR) is 56.1 cm³/mol. The molecule has 0 aliphatic carbocycles. The Kier molecular flexibility index (Phi) is 2.11. The van der Waals surface area contributed by atoms with Crippen molar-refractivity contribution in [3.63, 3.8) is 0 Å². The molecule has 14 heavy (non-hydrogen) atoms. The highest BCUT2D eigenvalue weighted by atomic mass is 15.3. The van der Waals surface area contributed by atoms with Crippen molar-refractivity contribution in [1.82, 2.24) is 14.6 Å². The molecule has 1 atom stereocenters. The Morgan fingerprint density at radius 1 is 1.57 bits per heavy atom. The van der Waals surface area contributed by atoms with Gasteiger partial charge in [-0.1, -0.05) is 13.8 Å². The predicted octanol–water partition coefficient (Wildman–Crippen LogP) is 1.82. The Morgan fingerprint density at radius 2 is 2.36 bits per heavy atom. The van der Waals surface area contributed by atoms with E-state index in [0.717, 1.165) is 17.6 Å². The molecule has 4 heteroatoms. The van der Waals surface area contributed by atoms with E-state index in [2.05, 4.69) is 23.9 Å². The SMILES string of the molecule is CCC(C)c1c(N)nn2cccnc12. The van der Waals surface area contributed by atoms with Crippen molar-refractivity contribution in [2.45, 2.75) is 26.2 Å². The first-order valence-electron chi connectivity index (χ1n) is 4.82.